The maximum Gasteiger partial charge on any atom is 0.326 e. The Labute approximate surface area is 232 Å². The maximum absolute atomic E-state index is 13.2. The van der Waals surface area contributed by atoms with E-state index in [0.29, 0.717) is 11.1 Å². The molecule has 2 aromatic carbocycles. The van der Waals surface area contributed by atoms with Crippen LogP contribution in [0.4, 0.5) is 0 Å². The molecule has 2 rings (SSSR count). The number of aliphatic carboxylic acids is 1. The Morgan fingerprint density at radius 3 is 1.65 bits per heavy atom. The van der Waals surface area contributed by atoms with Gasteiger partial charge in [0.05, 0.1) is 12.1 Å². The molecule has 40 heavy (non-hydrogen) atoms. The molecule has 0 bridgehead atoms. The maximum atomic E-state index is 13.2. The third-order valence-corrected chi connectivity index (χ3v) is 6.12. The Balaban J connectivity index is 2.10. The largest absolute Gasteiger partial charge is 0.508 e. The quantitative estimate of drug-likeness (QED) is 0.159. The molecular formula is C28H38N4O8. The first-order chi connectivity index (χ1) is 18.8. The molecule has 0 saturated carbocycles. The molecular weight excluding hydrogens is 520 g/mol. The van der Waals surface area contributed by atoms with Gasteiger partial charge in [-0.2, -0.15) is 0 Å². The first-order valence-corrected chi connectivity index (χ1v) is 12.9. The lowest BCUT2D eigenvalue weighted by atomic mass is 10.0. The van der Waals surface area contributed by atoms with Gasteiger partial charge in [-0.3, -0.25) is 14.4 Å². The number of nitrogens with two attached hydrogens (primary N) is 1. The molecule has 5 atom stereocenters. The smallest absolute Gasteiger partial charge is 0.326 e. The Hall–Kier alpha value is -4.16. The highest BCUT2D eigenvalue weighted by molar-refractivity contribution is 5.94. The summed E-state index contributed by atoms with van der Waals surface area (Å²) in [6.07, 6.45) is -1.14. The van der Waals surface area contributed by atoms with Crippen LogP contribution in [0, 0.1) is 5.92 Å². The fraction of sp³-hybridized carbons (Fsp3) is 0.429. The summed E-state index contributed by atoms with van der Waals surface area (Å²) in [6.45, 7) is 4.94. The highest BCUT2D eigenvalue weighted by atomic mass is 16.4. The highest BCUT2D eigenvalue weighted by Crippen LogP contribution is 2.13. The molecule has 0 heterocycles. The third kappa shape index (κ3) is 10.2. The third-order valence-electron chi connectivity index (χ3n) is 6.12. The number of carboxylic acid groups (broad SMARTS) is 1. The average molecular weight is 559 g/mol. The van der Waals surface area contributed by atoms with E-state index in [2.05, 4.69) is 16.0 Å². The van der Waals surface area contributed by atoms with Gasteiger partial charge in [0.2, 0.25) is 17.7 Å². The van der Waals surface area contributed by atoms with Crippen molar-refractivity contribution >= 4 is 23.7 Å². The van der Waals surface area contributed by atoms with Crippen molar-refractivity contribution in [3.63, 3.8) is 0 Å². The van der Waals surface area contributed by atoms with Crippen molar-refractivity contribution in [2.24, 2.45) is 11.7 Å². The second kappa shape index (κ2) is 14.8. The van der Waals surface area contributed by atoms with Gasteiger partial charge in [0.1, 0.15) is 29.6 Å². The minimum atomic E-state index is -1.51. The van der Waals surface area contributed by atoms with E-state index in [1.807, 2.05) is 13.8 Å². The number of nitrogens with one attached hydrogen (secondary N) is 3. The number of phenols is 2. The van der Waals surface area contributed by atoms with E-state index >= 15 is 0 Å². The topological polar surface area (TPSA) is 211 Å². The zero-order valence-electron chi connectivity index (χ0n) is 22.7. The van der Waals surface area contributed by atoms with Crippen molar-refractivity contribution in [1.29, 1.82) is 0 Å². The van der Waals surface area contributed by atoms with Gasteiger partial charge < -0.3 is 42.1 Å². The lowest BCUT2D eigenvalue weighted by Crippen LogP contribution is -2.60. The highest BCUT2D eigenvalue weighted by Gasteiger charge is 2.33. The summed E-state index contributed by atoms with van der Waals surface area (Å²) in [5.41, 5.74) is 7.28. The van der Waals surface area contributed by atoms with Crippen molar-refractivity contribution in [3.05, 3.63) is 59.7 Å². The van der Waals surface area contributed by atoms with Crippen LogP contribution in [0.15, 0.2) is 48.5 Å². The van der Waals surface area contributed by atoms with E-state index in [4.69, 9.17) is 5.73 Å². The minimum absolute atomic E-state index is 0.000829. The van der Waals surface area contributed by atoms with E-state index in [-0.39, 0.29) is 36.7 Å². The number of benzene rings is 2. The predicted octanol–water partition coefficient (Wildman–Crippen LogP) is 0.176. The van der Waals surface area contributed by atoms with E-state index in [9.17, 15) is 39.6 Å². The molecule has 0 saturated heterocycles. The number of hydrogen-bond acceptors (Lipinski definition) is 8. The van der Waals surface area contributed by atoms with E-state index < -0.39 is 54.0 Å². The summed E-state index contributed by atoms with van der Waals surface area (Å²) in [5.74, 6) is -3.57. The summed E-state index contributed by atoms with van der Waals surface area (Å²) in [7, 11) is 0. The van der Waals surface area contributed by atoms with Crippen molar-refractivity contribution < 1.29 is 39.6 Å². The molecule has 0 fully saturated rings. The lowest BCUT2D eigenvalue weighted by Gasteiger charge is -2.27. The van der Waals surface area contributed by atoms with Gasteiger partial charge in [-0.05, 0) is 61.1 Å². The van der Waals surface area contributed by atoms with E-state index in [1.165, 1.54) is 43.3 Å². The van der Waals surface area contributed by atoms with Gasteiger partial charge in [0.25, 0.3) is 0 Å². The summed E-state index contributed by atoms with van der Waals surface area (Å²) < 4.78 is 0. The van der Waals surface area contributed by atoms with Crippen molar-refractivity contribution in [1.82, 2.24) is 16.0 Å². The number of carbonyl (C=O) groups is 4. The van der Waals surface area contributed by atoms with E-state index in [0.717, 1.165) is 0 Å². The van der Waals surface area contributed by atoms with Gasteiger partial charge in [0.15, 0.2) is 0 Å². The molecule has 12 nitrogen and oxygen atoms in total. The van der Waals surface area contributed by atoms with Crippen LogP contribution in [0.25, 0.3) is 0 Å². The SMILES string of the molecule is CC(C)CC(NC(=O)C(N)Cc1ccc(O)cc1)C(=O)NC(C(=O)NC(Cc1ccc(O)cc1)C(=O)O)C(C)O. The summed E-state index contributed by atoms with van der Waals surface area (Å²) in [6, 6.07) is 7.00. The molecule has 0 radical (unpaired) electrons. The summed E-state index contributed by atoms with van der Waals surface area (Å²) in [4.78, 5) is 50.7. The monoisotopic (exact) mass is 558 g/mol. The van der Waals surface area contributed by atoms with Crippen LogP contribution < -0.4 is 21.7 Å². The number of aliphatic hydroxyl groups is 1. The van der Waals surface area contributed by atoms with Crippen LogP contribution in [-0.4, -0.2) is 74.4 Å². The first-order valence-electron chi connectivity index (χ1n) is 12.9. The summed E-state index contributed by atoms with van der Waals surface area (Å²) in [5, 5.41) is 46.1. The summed E-state index contributed by atoms with van der Waals surface area (Å²) >= 11 is 0. The number of aliphatic hydroxyl groups excluding tert-OH is 1. The molecule has 3 amide bonds. The van der Waals surface area contributed by atoms with Crippen LogP contribution >= 0.6 is 0 Å². The van der Waals surface area contributed by atoms with Gasteiger partial charge in [-0.25, -0.2) is 4.79 Å². The molecule has 2 aromatic rings. The Bertz CT molecular complexity index is 1150. The van der Waals surface area contributed by atoms with Gasteiger partial charge in [-0.1, -0.05) is 38.1 Å². The van der Waals surface area contributed by atoms with Gasteiger partial charge in [-0.15, -0.1) is 0 Å². The number of aromatic hydroxyl groups is 2. The van der Waals surface area contributed by atoms with Crippen LogP contribution in [0.1, 0.15) is 38.3 Å². The molecule has 5 unspecified atom stereocenters. The Morgan fingerprint density at radius 2 is 1.20 bits per heavy atom. The fourth-order valence-electron chi connectivity index (χ4n) is 3.95. The predicted molar refractivity (Wildman–Crippen MR) is 146 cm³/mol. The van der Waals surface area contributed by atoms with Crippen molar-refractivity contribution in [2.75, 3.05) is 0 Å². The molecule has 12 heteroatoms. The number of hydrogen-bond donors (Lipinski definition) is 8. The normalized spacial score (nSPS) is 14.8. The molecule has 0 aliphatic rings. The molecule has 0 aromatic heterocycles. The second-order valence-corrected chi connectivity index (χ2v) is 10.2. The zero-order valence-corrected chi connectivity index (χ0v) is 22.7. The Kier molecular flexibility index (Phi) is 11.9. The number of carboxylic acids is 1. The number of carbonyl (C=O) groups excluding carboxylic acids is 3. The standard InChI is InChI=1S/C28H38N4O8/c1-15(2)12-22(30-25(36)21(29)13-17-4-8-19(34)9-5-17)26(37)32-24(16(3)33)27(38)31-23(28(39)40)14-18-6-10-20(35)11-7-18/h4-11,15-16,21-24,33-35H,12-14,29H2,1-3H3,(H,30,36)(H,31,38)(H,32,37)(H,39,40). The molecule has 0 aliphatic heterocycles. The van der Waals surface area contributed by atoms with Crippen LogP contribution in [0.3, 0.4) is 0 Å². The van der Waals surface area contributed by atoms with Crippen LogP contribution in [-0.2, 0) is 32.0 Å². The van der Waals surface area contributed by atoms with E-state index in [1.54, 1.807) is 12.1 Å². The molecule has 9 N–H and O–H groups in total. The number of phenolic OH excluding ortho intramolecular Hbond substituents is 2. The van der Waals surface area contributed by atoms with Gasteiger partial charge >= 0.3 is 5.97 Å². The molecule has 218 valence electrons. The van der Waals surface area contributed by atoms with Crippen molar-refractivity contribution in [2.45, 2.75) is 70.3 Å². The minimum Gasteiger partial charge on any atom is -0.508 e. The van der Waals surface area contributed by atoms with Crippen molar-refractivity contribution in [3.8, 4) is 11.5 Å². The number of rotatable bonds is 14. The Morgan fingerprint density at radius 1 is 0.725 bits per heavy atom. The van der Waals surface area contributed by atoms with Gasteiger partial charge in [0, 0.05) is 6.42 Å². The molecule has 0 aliphatic carbocycles. The second-order valence-electron chi connectivity index (χ2n) is 10.2. The van der Waals surface area contributed by atoms with Crippen LogP contribution in [0.2, 0.25) is 0 Å². The average Bonchev–Trinajstić information content (AvgIpc) is 2.88. The molecule has 0 spiro atoms. The zero-order chi connectivity index (χ0) is 30.0. The number of amides is 3. The first kappa shape index (κ1) is 32.1. The van der Waals surface area contributed by atoms with Crippen LogP contribution in [0.5, 0.6) is 11.5 Å². The fourth-order valence-corrected chi connectivity index (χ4v) is 3.95. The lowest BCUT2D eigenvalue weighted by molar-refractivity contribution is -0.143.